The molecule has 43 heavy (non-hydrogen) atoms. The molecule has 0 radical (unpaired) electrons. The van der Waals surface area contributed by atoms with Crippen molar-refractivity contribution in [2.24, 2.45) is 0 Å². The summed E-state index contributed by atoms with van der Waals surface area (Å²) < 4.78 is 29.3. The van der Waals surface area contributed by atoms with Gasteiger partial charge in [0, 0.05) is 75.4 Å². The first-order valence-electron chi connectivity index (χ1n) is 13.3. The molecule has 1 fully saturated rings. The highest BCUT2D eigenvalue weighted by molar-refractivity contribution is 7.89. The lowest BCUT2D eigenvalue weighted by atomic mass is 10.0. The van der Waals surface area contributed by atoms with Gasteiger partial charge in [0.25, 0.3) is 0 Å². The first-order valence-corrected chi connectivity index (χ1v) is 15.1. The molecule has 4 aromatic rings. The van der Waals surface area contributed by atoms with Gasteiger partial charge in [0.05, 0.1) is 17.0 Å². The van der Waals surface area contributed by atoms with Gasteiger partial charge in [0.15, 0.2) is 0 Å². The molecule has 2 N–H and O–H groups in total. The number of carbonyl (C=O) groups excluding carboxylic acids is 2. The third-order valence-electron chi connectivity index (χ3n) is 7.31. The van der Waals surface area contributed by atoms with Gasteiger partial charge in [-0.15, -0.1) is 12.4 Å². The number of hydrogen-bond donors (Lipinski definition) is 2. The van der Waals surface area contributed by atoms with Crippen LogP contribution in [0, 0.1) is 0 Å². The van der Waals surface area contributed by atoms with Crippen molar-refractivity contribution < 1.29 is 18.0 Å². The molecule has 2 aromatic carbocycles. The summed E-state index contributed by atoms with van der Waals surface area (Å²) >= 11 is 6.10. The van der Waals surface area contributed by atoms with Crippen LogP contribution < -0.4 is 15.5 Å². The van der Waals surface area contributed by atoms with Crippen molar-refractivity contribution in [3.63, 3.8) is 0 Å². The summed E-state index contributed by atoms with van der Waals surface area (Å²) in [4.78, 5) is 40.4. The minimum absolute atomic E-state index is 0. The van der Waals surface area contributed by atoms with E-state index in [0.29, 0.717) is 11.0 Å². The molecule has 1 saturated heterocycles. The molecule has 1 aliphatic heterocycles. The van der Waals surface area contributed by atoms with Crippen molar-refractivity contribution in [2.75, 3.05) is 32.1 Å². The first kappa shape index (κ1) is 32.1. The monoisotopic (exact) mass is 643 g/mol. The minimum Gasteiger partial charge on any atom is -0.359 e. The Hall–Kier alpha value is -3.84. The van der Waals surface area contributed by atoms with Crippen LogP contribution in [0.4, 0.5) is 5.95 Å². The van der Waals surface area contributed by atoms with Crippen molar-refractivity contribution in [3.05, 3.63) is 78.3 Å². The van der Waals surface area contributed by atoms with E-state index in [9.17, 15) is 18.0 Å². The van der Waals surface area contributed by atoms with E-state index in [1.54, 1.807) is 66.1 Å². The van der Waals surface area contributed by atoms with Gasteiger partial charge < -0.3 is 15.5 Å². The molecule has 14 heteroatoms. The van der Waals surface area contributed by atoms with Gasteiger partial charge in [-0.05, 0) is 52.7 Å². The number of halogens is 2. The van der Waals surface area contributed by atoms with Crippen LogP contribution in [0.2, 0.25) is 5.02 Å². The molecule has 3 heterocycles. The molecule has 11 nitrogen and oxygen atoms in total. The SMILES string of the molecule is CNC(=O)CC1CN(S(=O)(=O)c2ccc3cc(Cl)ccc3c2)CC(CC(=O)NC)N1c1ncc(-c2ccncc2)cn1.Cl. The number of nitrogens with zero attached hydrogens (tertiary/aromatic N) is 5. The highest BCUT2D eigenvalue weighted by atomic mass is 35.5. The topological polar surface area (TPSA) is 137 Å². The molecular formula is C29H31Cl2N7O4S. The second kappa shape index (κ2) is 13.6. The van der Waals surface area contributed by atoms with Crippen LogP contribution in [-0.4, -0.2) is 78.8 Å². The third-order valence-corrected chi connectivity index (χ3v) is 9.37. The molecule has 2 atom stereocenters. The van der Waals surface area contributed by atoms with E-state index >= 15 is 0 Å². The molecule has 1 aliphatic rings. The maximum absolute atomic E-state index is 14.0. The lowest BCUT2D eigenvalue weighted by Gasteiger charge is -2.46. The Labute approximate surface area is 261 Å². The number of benzene rings is 2. The average molecular weight is 645 g/mol. The van der Waals surface area contributed by atoms with Crippen molar-refractivity contribution in [1.29, 1.82) is 0 Å². The average Bonchev–Trinajstić information content (AvgIpc) is 3.01. The molecule has 0 bridgehead atoms. The summed E-state index contributed by atoms with van der Waals surface area (Å²) in [6, 6.07) is 12.5. The van der Waals surface area contributed by atoms with E-state index in [1.807, 2.05) is 12.1 Å². The summed E-state index contributed by atoms with van der Waals surface area (Å²) in [5, 5.41) is 7.34. The number of aromatic nitrogens is 3. The molecule has 2 amide bonds. The second-order valence-electron chi connectivity index (χ2n) is 9.95. The molecular weight excluding hydrogens is 613 g/mol. The van der Waals surface area contributed by atoms with Crippen molar-refractivity contribution in [1.82, 2.24) is 29.9 Å². The van der Waals surface area contributed by atoms with E-state index in [1.165, 1.54) is 18.4 Å². The zero-order chi connectivity index (χ0) is 29.9. The fourth-order valence-corrected chi connectivity index (χ4v) is 6.88. The van der Waals surface area contributed by atoms with Crippen LogP contribution in [-0.2, 0) is 19.6 Å². The quantitative estimate of drug-likeness (QED) is 0.298. The fourth-order valence-electron chi connectivity index (χ4n) is 5.15. The first-order chi connectivity index (χ1) is 20.2. The second-order valence-corrected chi connectivity index (χ2v) is 12.3. The standard InChI is InChI=1S/C29H30ClN7O4S.ClH/c1-31-27(38)13-24-17-36(42(40,41)26-6-4-20-11-23(30)5-3-21(20)12-26)18-25(14-28(39)32-2)37(24)29-34-15-22(16-35-29)19-7-9-33-10-8-19;/h3-12,15-16,24-25H,13-14,17-18H2,1-2H3,(H,31,38)(H,32,39);1H. The highest BCUT2D eigenvalue weighted by Gasteiger charge is 2.42. The van der Waals surface area contributed by atoms with Gasteiger partial charge in [-0.1, -0.05) is 23.7 Å². The zero-order valence-corrected chi connectivity index (χ0v) is 25.9. The van der Waals surface area contributed by atoms with Gasteiger partial charge in [0.1, 0.15) is 0 Å². The summed E-state index contributed by atoms with van der Waals surface area (Å²) in [5.41, 5.74) is 1.65. The lowest BCUT2D eigenvalue weighted by Crippen LogP contribution is -2.62. The number of amides is 2. The molecule has 2 unspecified atom stereocenters. The van der Waals surface area contributed by atoms with E-state index in [0.717, 1.165) is 21.9 Å². The molecule has 226 valence electrons. The number of sulfonamides is 1. The molecule has 0 spiro atoms. The van der Waals surface area contributed by atoms with Gasteiger partial charge in [-0.3, -0.25) is 14.6 Å². The number of pyridine rings is 1. The van der Waals surface area contributed by atoms with Crippen LogP contribution in [0.3, 0.4) is 0 Å². The van der Waals surface area contributed by atoms with Gasteiger partial charge in [-0.2, -0.15) is 4.31 Å². The largest absolute Gasteiger partial charge is 0.359 e. The van der Waals surface area contributed by atoms with E-state index in [4.69, 9.17) is 11.6 Å². The third kappa shape index (κ3) is 7.04. The van der Waals surface area contributed by atoms with Crippen LogP contribution in [0.5, 0.6) is 0 Å². The van der Waals surface area contributed by atoms with Gasteiger partial charge in [-0.25, -0.2) is 18.4 Å². The zero-order valence-electron chi connectivity index (χ0n) is 23.5. The van der Waals surface area contributed by atoms with Crippen LogP contribution in [0.25, 0.3) is 21.9 Å². The van der Waals surface area contributed by atoms with E-state index in [2.05, 4.69) is 25.6 Å². The molecule has 2 aromatic heterocycles. The predicted octanol–water partition coefficient (Wildman–Crippen LogP) is 3.29. The van der Waals surface area contributed by atoms with Crippen LogP contribution in [0.1, 0.15) is 12.8 Å². The van der Waals surface area contributed by atoms with Gasteiger partial charge >= 0.3 is 0 Å². The van der Waals surface area contributed by atoms with Crippen LogP contribution >= 0.6 is 24.0 Å². The Bertz CT molecular complexity index is 1680. The molecule has 0 aliphatic carbocycles. The van der Waals surface area contributed by atoms with Crippen LogP contribution in [0.15, 0.2) is 78.2 Å². The van der Waals surface area contributed by atoms with Crippen molar-refractivity contribution in [3.8, 4) is 11.1 Å². The number of nitrogens with one attached hydrogen (secondary N) is 2. The molecule has 0 saturated carbocycles. The highest BCUT2D eigenvalue weighted by Crippen LogP contribution is 2.31. The van der Waals surface area contributed by atoms with E-state index < -0.39 is 22.1 Å². The number of carbonyl (C=O) groups is 2. The Morgan fingerprint density at radius 2 is 1.42 bits per heavy atom. The summed E-state index contributed by atoms with van der Waals surface area (Å²) in [6.07, 6.45) is 6.61. The number of piperazine rings is 1. The number of hydrogen-bond acceptors (Lipinski definition) is 8. The Morgan fingerprint density at radius 3 is 2.00 bits per heavy atom. The van der Waals surface area contributed by atoms with E-state index in [-0.39, 0.29) is 55.0 Å². The number of rotatable bonds is 8. The smallest absolute Gasteiger partial charge is 0.243 e. The maximum atomic E-state index is 14.0. The normalized spacial score (nSPS) is 17.2. The fraction of sp³-hybridized carbons (Fsp3) is 0.276. The molecule has 5 rings (SSSR count). The van der Waals surface area contributed by atoms with Crippen molar-refractivity contribution >= 4 is 62.6 Å². The summed E-state index contributed by atoms with van der Waals surface area (Å²) in [6.45, 7) is -0.0117. The number of anilines is 1. The van der Waals surface area contributed by atoms with Crippen molar-refractivity contribution in [2.45, 2.75) is 29.8 Å². The summed E-state index contributed by atoms with van der Waals surface area (Å²) in [7, 11) is -0.957. The summed E-state index contributed by atoms with van der Waals surface area (Å²) in [5.74, 6) is -0.256. The Morgan fingerprint density at radius 1 is 0.860 bits per heavy atom. The lowest BCUT2D eigenvalue weighted by molar-refractivity contribution is -0.121. The minimum atomic E-state index is -4.00. The maximum Gasteiger partial charge on any atom is 0.243 e. The Balaban J connectivity index is 0.00000423. The Kier molecular flexibility index (Phi) is 10.2. The van der Waals surface area contributed by atoms with Gasteiger partial charge in [0.2, 0.25) is 27.8 Å². The predicted molar refractivity (Wildman–Crippen MR) is 168 cm³/mol. The number of fused-ring (bicyclic) bond motifs is 1.